The van der Waals surface area contributed by atoms with Crippen molar-refractivity contribution >= 4 is 10.9 Å². The van der Waals surface area contributed by atoms with Gasteiger partial charge >= 0.3 is 0 Å². The molecule has 0 amide bonds. The van der Waals surface area contributed by atoms with Gasteiger partial charge in [-0.15, -0.1) is 0 Å². The number of fused-ring (bicyclic) bond motifs is 2. The van der Waals surface area contributed by atoms with Gasteiger partial charge in [-0.2, -0.15) is 0 Å². The topological polar surface area (TPSA) is 40.6 Å². The Balaban J connectivity index is 1.23. The molecule has 2 aliphatic rings. The summed E-state index contributed by atoms with van der Waals surface area (Å²) in [4.78, 5) is 4.64. The van der Waals surface area contributed by atoms with Gasteiger partial charge < -0.3 is 14.2 Å². The second-order valence-electron chi connectivity index (χ2n) is 8.78. The highest BCUT2D eigenvalue weighted by Crippen LogP contribution is 2.39. The second-order valence-corrected chi connectivity index (χ2v) is 8.78. The van der Waals surface area contributed by atoms with Crippen LogP contribution in [0.2, 0.25) is 0 Å². The molecular formula is C27H31NO3. The Labute approximate surface area is 184 Å². The molecule has 3 aromatic rings. The summed E-state index contributed by atoms with van der Waals surface area (Å²) in [7, 11) is 0. The average molecular weight is 418 g/mol. The molecule has 0 saturated heterocycles. The van der Waals surface area contributed by atoms with Crippen molar-refractivity contribution in [2.24, 2.45) is 5.92 Å². The highest BCUT2D eigenvalue weighted by Gasteiger charge is 2.16. The third-order valence-electron chi connectivity index (χ3n) is 6.66. The summed E-state index contributed by atoms with van der Waals surface area (Å²) in [5.41, 5.74) is 3.14. The summed E-state index contributed by atoms with van der Waals surface area (Å²) >= 11 is 0. The molecule has 2 heterocycles. The quantitative estimate of drug-likeness (QED) is 0.365. The first-order chi connectivity index (χ1) is 15.4. The van der Waals surface area contributed by atoms with Crippen LogP contribution in [0, 0.1) is 5.92 Å². The van der Waals surface area contributed by atoms with E-state index in [9.17, 15) is 0 Å². The Kier molecular flexibility index (Phi) is 6.24. The normalized spacial score (nSPS) is 16.0. The van der Waals surface area contributed by atoms with E-state index in [-0.39, 0.29) is 6.79 Å². The van der Waals surface area contributed by atoms with E-state index >= 15 is 0 Å². The molecule has 1 saturated carbocycles. The molecule has 5 rings (SSSR count). The first kappa shape index (κ1) is 20.2. The van der Waals surface area contributed by atoms with Crippen LogP contribution in [0.1, 0.15) is 57.8 Å². The van der Waals surface area contributed by atoms with Crippen LogP contribution in [0.15, 0.2) is 48.7 Å². The van der Waals surface area contributed by atoms with Crippen LogP contribution in [0.3, 0.4) is 0 Å². The SMILES string of the molecule is c1cnc2c(OCCCCCC3CCCCC3)ccc(-c3ccc4c(c3)OCO4)c2c1. The smallest absolute Gasteiger partial charge is 0.231 e. The lowest BCUT2D eigenvalue weighted by molar-refractivity contribution is 0.174. The minimum atomic E-state index is 0.286. The zero-order chi connectivity index (χ0) is 20.9. The van der Waals surface area contributed by atoms with Crippen LogP contribution in [-0.4, -0.2) is 18.4 Å². The summed E-state index contributed by atoms with van der Waals surface area (Å²) in [5.74, 6) is 3.44. The molecule has 1 aliphatic heterocycles. The fourth-order valence-electron chi connectivity index (χ4n) is 4.95. The van der Waals surface area contributed by atoms with E-state index in [4.69, 9.17) is 14.2 Å². The maximum Gasteiger partial charge on any atom is 0.231 e. The third-order valence-corrected chi connectivity index (χ3v) is 6.66. The Morgan fingerprint density at radius 2 is 1.81 bits per heavy atom. The van der Waals surface area contributed by atoms with Crippen LogP contribution in [0.5, 0.6) is 17.2 Å². The van der Waals surface area contributed by atoms with E-state index in [2.05, 4.69) is 29.2 Å². The van der Waals surface area contributed by atoms with Gasteiger partial charge in [0.15, 0.2) is 11.5 Å². The molecule has 4 heteroatoms. The van der Waals surface area contributed by atoms with Gasteiger partial charge in [0, 0.05) is 11.6 Å². The Hall–Kier alpha value is -2.75. The summed E-state index contributed by atoms with van der Waals surface area (Å²) in [6, 6.07) is 14.3. The number of ether oxygens (including phenoxy) is 3. The maximum absolute atomic E-state index is 6.17. The first-order valence-electron chi connectivity index (χ1n) is 11.8. The number of pyridine rings is 1. The van der Waals surface area contributed by atoms with Crippen LogP contribution < -0.4 is 14.2 Å². The number of nitrogens with zero attached hydrogens (tertiary/aromatic N) is 1. The minimum Gasteiger partial charge on any atom is -0.491 e. The molecule has 0 spiro atoms. The number of unbranched alkanes of at least 4 members (excludes halogenated alkanes) is 2. The number of benzene rings is 2. The average Bonchev–Trinajstić information content (AvgIpc) is 3.30. The molecular weight excluding hydrogens is 386 g/mol. The number of rotatable bonds is 8. The summed E-state index contributed by atoms with van der Waals surface area (Å²) in [5, 5.41) is 1.09. The molecule has 0 bridgehead atoms. The van der Waals surface area contributed by atoms with E-state index in [1.165, 1.54) is 51.4 Å². The van der Waals surface area contributed by atoms with Gasteiger partial charge in [-0.25, -0.2) is 0 Å². The van der Waals surface area contributed by atoms with Crippen molar-refractivity contribution in [2.75, 3.05) is 13.4 Å². The van der Waals surface area contributed by atoms with Gasteiger partial charge in [0.25, 0.3) is 0 Å². The molecule has 4 nitrogen and oxygen atoms in total. The van der Waals surface area contributed by atoms with E-state index in [0.717, 1.165) is 58.2 Å². The molecule has 0 radical (unpaired) electrons. The molecule has 0 N–H and O–H groups in total. The largest absolute Gasteiger partial charge is 0.491 e. The minimum absolute atomic E-state index is 0.286. The lowest BCUT2D eigenvalue weighted by Gasteiger charge is -2.21. The van der Waals surface area contributed by atoms with Crippen molar-refractivity contribution in [2.45, 2.75) is 57.8 Å². The zero-order valence-corrected chi connectivity index (χ0v) is 18.1. The van der Waals surface area contributed by atoms with Crippen LogP contribution in [0.4, 0.5) is 0 Å². The van der Waals surface area contributed by atoms with Crippen LogP contribution in [0.25, 0.3) is 22.0 Å². The standard InChI is InChI=1S/C27H31NO3/c1-3-8-20(9-4-1)10-5-2-6-17-29-25-15-13-22(23-11-7-16-28-27(23)25)21-12-14-24-26(18-21)31-19-30-24/h7,11-16,18,20H,1-6,8-10,17,19H2. The monoisotopic (exact) mass is 417 g/mol. The highest BCUT2D eigenvalue weighted by molar-refractivity contribution is 5.98. The number of aromatic nitrogens is 1. The van der Waals surface area contributed by atoms with Crippen molar-refractivity contribution < 1.29 is 14.2 Å². The van der Waals surface area contributed by atoms with Crippen molar-refractivity contribution in [1.29, 1.82) is 0 Å². The highest BCUT2D eigenvalue weighted by atomic mass is 16.7. The van der Waals surface area contributed by atoms with E-state index in [1.54, 1.807) is 0 Å². The fourth-order valence-corrected chi connectivity index (χ4v) is 4.95. The lowest BCUT2D eigenvalue weighted by Crippen LogP contribution is -2.06. The molecule has 0 atom stereocenters. The Morgan fingerprint density at radius 3 is 2.74 bits per heavy atom. The zero-order valence-electron chi connectivity index (χ0n) is 18.1. The van der Waals surface area contributed by atoms with Crippen molar-refractivity contribution in [1.82, 2.24) is 4.98 Å². The number of hydrogen-bond acceptors (Lipinski definition) is 4. The number of hydrogen-bond donors (Lipinski definition) is 0. The van der Waals surface area contributed by atoms with E-state index in [1.807, 2.05) is 24.4 Å². The lowest BCUT2D eigenvalue weighted by atomic mass is 9.86. The van der Waals surface area contributed by atoms with Gasteiger partial charge in [0.2, 0.25) is 6.79 Å². The third kappa shape index (κ3) is 4.63. The molecule has 162 valence electrons. The molecule has 31 heavy (non-hydrogen) atoms. The van der Waals surface area contributed by atoms with Gasteiger partial charge in [-0.05, 0) is 53.8 Å². The molecule has 1 aliphatic carbocycles. The molecule has 0 unspecified atom stereocenters. The van der Waals surface area contributed by atoms with Crippen molar-refractivity contribution in [3.63, 3.8) is 0 Å². The van der Waals surface area contributed by atoms with Crippen molar-refractivity contribution in [3.05, 3.63) is 48.7 Å². The van der Waals surface area contributed by atoms with E-state index in [0.29, 0.717) is 0 Å². The maximum atomic E-state index is 6.17. The predicted octanol–water partition coefficient (Wildman–Crippen LogP) is 7.15. The van der Waals surface area contributed by atoms with Crippen molar-refractivity contribution in [3.8, 4) is 28.4 Å². The summed E-state index contributed by atoms with van der Waals surface area (Å²) in [6.07, 6.45) is 14.1. The second kappa shape index (κ2) is 9.59. The first-order valence-corrected chi connectivity index (χ1v) is 11.8. The van der Waals surface area contributed by atoms with E-state index < -0.39 is 0 Å². The van der Waals surface area contributed by atoms with Gasteiger partial charge in [-0.3, -0.25) is 4.98 Å². The molecule has 1 aromatic heterocycles. The van der Waals surface area contributed by atoms with Crippen LogP contribution in [-0.2, 0) is 0 Å². The predicted molar refractivity (Wildman–Crippen MR) is 124 cm³/mol. The van der Waals surface area contributed by atoms with Gasteiger partial charge in [0.1, 0.15) is 11.3 Å². The van der Waals surface area contributed by atoms with Gasteiger partial charge in [0.05, 0.1) is 6.61 Å². The summed E-state index contributed by atoms with van der Waals surface area (Å²) < 4.78 is 17.2. The molecule has 1 fully saturated rings. The Morgan fingerprint density at radius 1 is 0.903 bits per heavy atom. The molecule has 2 aromatic carbocycles. The van der Waals surface area contributed by atoms with Crippen LogP contribution >= 0.6 is 0 Å². The van der Waals surface area contributed by atoms with Gasteiger partial charge in [-0.1, -0.05) is 63.5 Å². The fraction of sp³-hybridized carbons (Fsp3) is 0.444. The summed E-state index contributed by atoms with van der Waals surface area (Å²) in [6.45, 7) is 1.04. The Bertz CT molecular complexity index is 1030.